The fourth-order valence-corrected chi connectivity index (χ4v) is 3.76. The van der Waals surface area contributed by atoms with Gasteiger partial charge in [-0.25, -0.2) is 0 Å². The van der Waals surface area contributed by atoms with Crippen molar-refractivity contribution >= 4 is 33.0 Å². The number of hydrogen-bond donors (Lipinski definition) is 0. The Hall–Kier alpha value is 0.230. The van der Waals surface area contributed by atoms with E-state index in [0.29, 0.717) is 0 Å². The van der Waals surface area contributed by atoms with Gasteiger partial charge in [0.15, 0.2) is 0 Å². The second-order valence-electron chi connectivity index (χ2n) is 8.33. The van der Waals surface area contributed by atoms with Gasteiger partial charge in [-0.1, -0.05) is 76.6 Å². The highest BCUT2D eigenvalue weighted by Crippen LogP contribution is 2.43. The lowest BCUT2D eigenvalue weighted by atomic mass is 9.72. The molecular formula is C17H31Cl2P. The molecule has 0 aliphatic carbocycles. The van der Waals surface area contributed by atoms with Crippen LogP contribution >= 0.6 is 33.0 Å². The molecule has 0 aliphatic heterocycles. The minimum Gasteiger partial charge on any atom is -0.147 e. The second-order valence-corrected chi connectivity index (χ2v) is 9.34. The molecule has 0 bridgehead atoms. The van der Waals surface area contributed by atoms with Crippen LogP contribution < -0.4 is 0 Å². The largest absolute Gasteiger partial charge is 0.147 e. The maximum Gasteiger partial charge on any atom is -0.00853 e. The highest BCUT2D eigenvalue weighted by molar-refractivity contribution is 7.30. The molecule has 3 heteroatoms. The van der Waals surface area contributed by atoms with Crippen molar-refractivity contribution in [3.05, 3.63) is 28.3 Å². The zero-order chi connectivity index (χ0) is 14.4. The zero-order valence-corrected chi connectivity index (χ0v) is 16.9. The molecule has 0 N–H and O–H groups in total. The predicted octanol–water partition coefficient (Wildman–Crippen LogP) is 7.00. The SMILES string of the molecule is CC(C)(C)c1ccpc(C(C)(C)C)c1C(C)(C)C.Cl.Cl. The third-order valence-electron chi connectivity index (χ3n) is 3.22. The first-order valence-electron chi connectivity index (χ1n) is 6.85. The van der Waals surface area contributed by atoms with Gasteiger partial charge in [-0.15, -0.1) is 24.8 Å². The van der Waals surface area contributed by atoms with E-state index < -0.39 is 0 Å². The maximum atomic E-state index is 2.34. The van der Waals surface area contributed by atoms with Crippen LogP contribution in [-0.2, 0) is 16.2 Å². The van der Waals surface area contributed by atoms with Crippen LogP contribution in [-0.4, -0.2) is 0 Å². The van der Waals surface area contributed by atoms with E-state index in [1.54, 1.807) is 10.9 Å². The lowest BCUT2D eigenvalue weighted by Crippen LogP contribution is -2.26. The molecule has 0 aliphatic rings. The van der Waals surface area contributed by atoms with E-state index >= 15 is 0 Å². The Bertz CT molecular complexity index is 400. The molecule has 0 atom stereocenters. The van der Waals surface area contributed by atoms with Gasteiger partial charge >= 0.3 is 0 Å². The summed E-state index contributed by atoms with van der Waals surface area (Å²) in [5.74, 6) is 2.32. The van der Waals surface area contributed by atoms with Crippen molar-refractivity contribution < 1.29 is 0 Å². The fourth-order valence-electron chi connectivity index (χ4n) is 2.41. The molecule has 118 valence electrons. The van der Waals surface area contributed by atoms with Crippen molar-refractivity contribution in [3.8, 4) is 0 Å². The van der Waals surface area contributed by atoms with Gasteiger partial charge in [-0.2, -0.15) is 0 Å². The average Bonchev–Trinajstić information content (AvgIpc) is 2.12. The van der Waals surface area contributed by atoms with Crippen LogP contribution in [0.2, 0.25) is 0 Å². The molecule has 1 rings (SSSR count). The van der Waals surface area contributed by atoms with Crippen LogP contribution in [0.3, 0.4) is 0 Å². The number of rotatable bonds is 0. The topological polar surface area (TPSA) is 0 Å². The van der Waals surface area contributed by atoms with E-state index in [-0.39, 0.29) is 41.1 Å². The van der Waals surface area contributed by atoms with Crippen LogP contribution in [0.4, 0.5) is 0 Å². The molecule has 0 aromatic carbocycles. The highest BCUT2D eigenvalue weighted by Gasteiger charge is 2.31. The summed E-state index contributed by atoms with van der Waals surface area (Å²) in [4.78, 5) is 0. The third-order valence-corrected chi connectivity index (χ3v) is 4.67. The van der Waals surface area contributed by atoms with Crippen molar-refractivity contribution in [1.82, 2.24) is 0 Å². The van der Waals surface area contributed by atoms with E-state index in [4.69, 9.17) is 0 Å². The molecule has 0 saturated carbocycles. The van der Waals surface area contributed by atoms with Crippen molar-refractivity contribution in [2.24, 2.45) is 0 Å². The standard InChI is InChI=1S/C17H29P.2ClH/c1-15(2,3)12-10-11-18-14(17(7,8)9)13(12)16(4,5)6;;/h10-11H,1-9H3;2*1H. The molecular weight excluding hydrogens is 306 g/mol. The normalized spacial score (nSPS) is 12.8. The quantitative estimate of drug-likeness (QED) is 0.478. The third kappa shape index (κ3) is 5.21. The van der Waals surface area contributed by atoms with Crippen molar-refractivity contribution in [2.75, 3.05) is 0 Å². The summed E-state index contributed by atoms with van der Waals surface area (Å²) in [5, 5.41) is 1.59. The second kappa shape index (κ2) is 6.99. The van der Waals surface area contributed by atoms with Crippen molar-refractivity contribution in [1.29, 1.82) is 0 Å². The maximum absolute atomic E-state index is 2.34. The number of hydrogen-bond acceptors (Lipinski definition) is 0. The zero-order valence-electron chi connectivity index (χ0n) is 14.4. The molecule has 0 amide bonds. The van der Waals surface area contributed by atoms with Gasteiger partial charge in [0.1, 0.15) is 0 Å². The first-order chi connectivity index (χ1) is 7.85. The summed E-state index contributed by atoms with van der Waals surface area (Å²) in [7, 11) is 1.37. The lowest BCUT2D eigenvalue weighted by Gasteiger charge is -2.35. The summed E-state index contributed by atoms with van der Waals surface area (Å²) >= 11 is 0. The van der Waals surface area contributed by atoms with Gasteiger partial charge in [-0.3, -0.25) is 0 Å². The van der Waals surface area contributed by atoms with E-state index in [9.17, 15) is 0 Å². The molecule has 0 spiro atoms. The smallest absolute Gasteiger partial charge is 0.00853 e. The summed E-state index contributed by atoms with van der Waals surface area (Å²) in [5.41, 5.74) is 3.75. The molecule has 1 heterocycles. The summed E-state index contributed by atoms with van der Waals surface area (Å²) < 4.78 is 0. The van der Waals surface area contributed by atoms with Gasteiger partial charge in [0.05, 0.1) is 0 Å². The molecule has 0 saturated heterocycles. The van der Waals surface area contributed by atoms with Crippen LogP contribution in [0, 0.1) is 0 Å². The molecule has 20 heavy (non-hydrogen) atoms. The van der Waals surface area contributed by atoms with Gasteiger partial charge < -0.3 is 0 Å². The van der Waals surface area contributed by atoms with Crippen LogP contribution in [0.1, 0.15) is 78.7 Å². The Kier molecular flexibility index (Phi) is 7.87. The summed E-state index contributed by atoms with van der Waals surface area (Å²) in [6, 6.07) is 2.34. The minimum atomic E-state index is 0. The first kappa shape index (κ1) is 22.5. The summed E-state index contributed by atoms with van der Waals surface area (Å²) in [6.07, 6.45) is 0. The monoisotopic (exact) mass is 336 g/mol. The lowest BCUT2D eigenvalue weighted by molar-refractivity contribution is 0.505. The molecule has 1 aromatic rings. The van der Waals surface area contributed by atoms with E-state index in [0.717, 1.165) is 0 Å². The average molecular weight is 337 g/mol. The van der Waals surface area contributed by atoms with Gasteiger partial charge in [-0.05, 0) is 38.5 Å². The van der Waals surface area contributed by atoms with Crippen molar-refractivity contribution in [3.63, 3.8) is 0 Å². The molecule has 1 aromatic heterocycles. The Labute approximate surface area is 140 Å². The van der Waals surface area contributed by atoms with Gasteiger partial charge in [0.2, 0.25) is 0 Å². The van der Waals surface area contributed by atoms with Gasteiger partial charge in [0.25, 0.3) is 0 Å². The Balaban J connectivity index is 0. The molecule has 0 radical (unpaired) electrons. The molecule has 0 unspecified atom stereocenters. The van der Waals surface area contributed by atoms with Crippen LogP contribution in [0.25, 0.3) is 0 Å². The van der Waals surface area contributed by atoms with Crippen LogP contribution in [0.15, 0.2) is 11.9 Å². The minimum absolute atomic E-state index is 0. The predicted molar refractivity (Wildman–Crippen MR) is 99.6 cm³/mol. The Morgan fingerprint density at radius 2 is 1.15 bits per heavy atom. The summed E-state index contributed by atoms with van der Waals surface area (Å²) in [6.45, 7) is 21.0. The number of halogens is 2. The first-order valence-corrected chi connectivity index (χ1v) is 7.82. The fraction of sp³-hybridized carbons (Fsp3) is 0.706. The van der Waals surface area contributed by atoms with Crippen LogP contribution in [0.5, 0.6) is 0 Å². The van der Waals surface area contributed by atoms with Gasteiger partial charge in [0, 0.05) is 0 Å². The molecule has 0 fully saturated rings. The van der Waals surface area contributed by atoms with E-state index in [1.165, 1.54) is 13.8 Å². The van der Waals surface area contributed by atoms with E-state index in [1.807, 2.05) is 0 Å². The van der Waals surface area contributed by atoms with Crippen molar-refractivity contribution in [2.45, 2.75) is 78.6 Å². The highest BCUT2D eigenvalue weighted by atomic mass is 35.5. The Morgan fingerprint density at radius 1 is 0.700 bits per heavy atom. The Morgan fingerprint density at radius 3 is 1.45 bits per heavy atom. The van der Waals surface area contributed by atoms with E-state index in [2.05, 4.69) is 74.2 Å². The molecule has 0 nitrogen and oxygen atoms in total.